The molecule has 3 unspecified atom stereocenters. The lowest BCUT2D eigenvalue weighted by Crippen LogP contribution is -2.35. The molecule has 2 aliphatic carbocycles. The molecule has 0 amide bonds. The minimum Gasteiger partial charge on any atom is -0.475 e. The number of hydrogen-bond acceptors (Lipinski definition) is 5. The molecule has 0 radical (unpaired) electrons. The minimum atomic E-state index is -0.0334. The van der Waals surface area contributed by atoms with Crippen LogP contribution >= 0.6 is 0 Å². The van der Waals surface area contributed by atoms with Gasteiger partial charge < -0.3 is 14.2 Å². The lowest BCUT2D eigenvalue weighted by molar-refractivity contribution is -0.150. The molecule has 0 aromatic heterocycles. The van der Waals surface area contributed by atoms with Gasteiger partial charge in [-0.15, -0.1) is 0 Å². The quantitative estimate of drug-likeness (QED) is 0.597. The lowest BCUT2D eigenvalue weighted by Gasteiger charge is -2.30. The Kier molecular flexibility index (Phi) is 7.35. The second kappa shape index (κ2) is 9.72. The summed E-state index contributed by atoms with van der Waals surface area (Å²) < 4.78 is 17.8. The number of fused-ring (bicyclic) bond motifs is 1. The molecular weight excluding hydrogens is 330 g/mol. The highest BCUT2D eigenvalue weighted by Crippen LogP contribution is 2.36. The molecule has 26 heavy (non-hydrogen) atoms. The summed E-state index contributed by atoms with van der Waals surface area (Å²) in [5, 5.41) is 0. The van der Waals surface area contributed by atoms with Gasteiger partial charge in [-0.3, -0.25) is 4.79 Å². The van der Waals surface area contributed by atoms with E-state index in [0.29, 0.717) is 18.4 Å². The summed E-state index contributed by atoms with van der Waals surface area (Å²) in [5.41, 5.74) is 0. The Morgan fingerprint density at radius 3 is 2.58 bits per heavy atom. The van der Waals surface area contributed by atoms with Crippen molar-refractivity contribution in [2.24, 2.45) is 10.9 Å². The third kappa shape index (κ3) is 5.21. The van der Waals surface area contributed by atoms with Crippen LogP contribution in [0.4, 0.5) is 0 Å². The van der Waals surface area contributed by atoms with Gasteiger partial charge in [-0.05, 0) is 57.8 Å². The van der Waals surface area contributed by atoms with Gasteiger partial charge in [-0.25, -0.2) is 4.99 Å². The Hall–Kier alpha value is -1.10. The van der Waals surface area contributed by atoms with Crippen LogP contribution in [0.3, 0.4) is 0 Å². The molecule has 1 aliphatic heterocycles. The monoisotopic (exact) mass is 365 g/mol. The van der Waals surface area contributed by atoms with Gasteiger partial charge >= 0.3 is 5.97 Å². The second-order valence-corrected chi connectivity index (χ2v) is 8.06. The molecule has 0 aromatic rings. The van der Waals surface area contributed by atoms with E-state index in [0.717, 1.165) is 76.7 Å². The van der Waals surface area contributed by atoms with E-state index in [1.165, 1.54) is 0 Å². The van der Waals surface area contributed by atoms with Crippen molar-refractivity contribution in [3.63, 3.8) is 0 Å². The lowest BCUT2D eigenvalue weighted by atomic mass is 9.87. The van der Waals surface area contributed by atoms with Crippen molar-refractivity contribution in [1.29, 1.82) is 0 Å². The van der Waals surface area contributed by atoms with Crippen molar-refractivity contribution in [3.05, 3.63) is 0 Å². The van der Waals surface area contributed by atoms with Crippen molar-refractivity contribution in [2.45, 2.75) is 109 Å². The molecule has 0 aromatic carbocycles. The molecule has 0 saturated heterocycles. The van der Waals surface area contributed by atoms with Gasteiger partial charge in [0.05, 0.1) is 12.1 Å². The maximum Gasteiger partial charge on any atom is 0.306 e. The normalized spacial score (nSPS) is 33.9. The van der Waals surface area contributed by atoms with Crippen LogP contribution < -0.4 is 0 Å². The first-order chi connectivity index (χ1) is 12.7. The molecule has 3 atom stereocenters. The first-order valence-electron chi connectivity index (χ1n) is 10.7. The number of aliphatic imine (C=N–C) groups is 1. The number of unbranched alkanes of at least 4 members (excludes halogenated alkanes) is 1. The molecule has 148 valence electrons. The van der Waals surface area contributed by atoms with E-state index in [-0.39, 0.29) is 24.2 Å². The zero-order chi connectivity index (χ0) is 18.4. The first-order valence-corrected chi connectivity index (χ1v) is 10.7. The van der Waals surface area contributed by atoms with Gasteiger partial charge in [-0.1, -0.05) is 20.3 Å². The van der Waals surface area contributed by atoms with E-state index in [9.17, 15) is 4.79 Å². The minimum absolute atomic E-state index is 0.0334. The number of esters is 1. The van der Waals surface area contributed by atoms with Crippen molar-refractivity contribution < 1.29 is 19.0 Å². The second-order valence-electron chi connectivity index (χ2n) is 8.06. The summed E-state index contributed by atoms with van der Waals surface area (Å²) in [7, 11) is 0. The molecule has 3 rings (SSSR count). The van der Waals surface area contributed by atoms with Crippen molar-refractivity contribution >= 4 is 11.9 Å². The topological polar surface area (TPSA) is 57.1 Å². The molecule has 5 heteroatoms. The van der Waals surface area contributed by atoms with Crippen LogP contribution in [-0.4, -0.2) is 42.8 Å². The van der Waals surface area contributed by atoms with Gasteiger partial charge in [-0.2, -0.15) is 0 Å². The summed E-state index contributed by atoms with van der Waals surface area (Å²) in [4.78, 5) is 16.7. The molecule has 3 aliphatic rings. The Labute approximate surface area is 157 Å². The fraction of sp³-hybridized carbons (Fsp3) is 0.905. The van der Waals surface area contributed by atoms with E-state index in [1.807, 2.05) is 0 Å². The van der Waals surface area contributed by atoms with Crippen LogP contribution in [0.15, 0.2) is 4.99 Å². The maximum atomic E-state index is 11.8. The van der Waals surface area contributed by atoms with E-state index in [2.05, 4.69) is 13.8 Å². The van der Waals surface area contributed by atoms with Crippen LogP contribution in [0.5, 0.6) is 0 Å². The number of nitrogens with zero attached hydrogens (tertiary/aromatic N) is 1. The molecule has 5 nitrogen and oxygen atoms in total. The van der Waals surface area contributed by atoms with Crippen molar-refractivity contribution in [1.82, 2.24) is 0 Å². The van der Waals surface area contributed by atoms with Crippen LogP contribution in [0.2, 0.25) is 0 Å². The van der Waals surface area contributed by atoms with Crippen LogP contribution in [-0.2, 0) is 19.0 Å². The average molecular weight is 366 g/mol. The van der Waals surface area contributed by atoms with Crippen molar-refractivity contribution in [2.75, 3.05) is 6.61 Å². The Bertz CT molecular complexity index is 484. The Morgan fingerprint density at radius 2 is 1.85 bits per heavy atom. The Balaban J connectivity index is 1.43. The SMILES string of the molecule is CCCCC(=O)OC1CCC(C2=NC3CC(OCCC)CCC3O2)CC1. The van der Waals surface area contributed by atoms with E-state index in [4.69, 9.17) is 19.2 Å². The summed E-state index contributed by atoms with van der Waals surface area (Å²) in [6.07, 6.45) is 11.3. The van der Waals surface area contributed by atoms with Gasteiger partial charge in [0, 0.05) is 18.9 Å². The highest BCUT2D eigenvalue weighted by atomic mass is 16.5. The standard InChI is InChI=1S/C21H35NO4/c1-3-5-6-20(23)25-16-9-7-15(8-10-16)21-22-18-14-17(24-13-4-2)11-12-19(18)26-21/h15-19H,3-14H2,1-2H3. The largest absolute Gasteiger partial charge is 0.475 e. The summed E-state index contributed by atoms with van der Waals surface area (Å²) in [6, 6.07) is 0.283. The van der Waals surface area contributed by atoms with Gasteiger partial charge in [0.1, 0.15) is 12.2 Å². The number of carbonyl (C=O) groups is 1. The third-order valence-electron chi connectivity index (χ3n) is 5.89. The average Bonchev–Trinajstić information content (AvgIpc) is 3.08. The molecule has 2 saturated carbocycles. The van der Waals surface area contributed by atoms with Crippen LogP contribution in [0, 0.1) is 5.92 Å². The highest BCUT2D eigenvalue weighted by Gasteiger charge is 2.40. The van der Waals surface area contributed by atoms with Gasteiger partial charge in [0.25, 0.3) is 0 Å². The highest BCUT2D eigenvalue weighted by molar-refractivity contribution is 5.80. The van der Waals surface area contributed by atoms with E-state index in [1.54, 1.807) is 0 Å². The zero-order valence-electron chi connectivity index (χ0n) is 16.5. The van der Waals surface area contributed by atoms with Crippen LogP contribution in [0.1, 0.15) is 84.5 Å². The summed E-state index contributed by atoms with van der Waals surface area (Å²) >= 11 is 0. The summed E-state index contributed by atoms with van der Waals surface area (Å²) in [5.74, 6) is 1.34. The number of hydrogen-bond donors (Lipinski definition) is 0. The van der Waals surface area contributed by atoms with Gasteiger partial charge in [0.2, 0.25) is 0 Å². The molecule has 0 spiro atoms. The zero-order valence-corrected chi connectivity index (χ0v) is 16.5. The van der Waals surface area contributed by atoms with Gasteiger partial charge in [0.15, 0.2) is 5.90 Å². The fourth-order valence-corrected chi connectivity index (χ4v) is 4.33. The van der Waals surface area contributed by atoms with Crippen LogP contribution in [0.25, 0.3) is 0 Å². The molecule has 0 N–H and O–H groups in total. The number of ether oxygens (including phenoxy) is 3. The van der Waals surface area contributed by atoms with Crippen molar-refractivity contribution in [3.8, 4) is 0 Å². The molecular formula is C21H35NO4. The van der Waals surface area contributed by atoms with E-state index < -0.39 is 0 Å². The fourth-order valence-electron chi connectivity index (χ4n) is 4.33. The Morgan fingerprint density at radius 1 is 1.08 bits per heavy atom. The smallest absolute Gasteiger partial charge is 0.306 e. The number of carbonyl (C=O) groups excluding carboxylic acids is 1. The number of rotatable bonds is 8. The molecule has 2 fully saturated rings. The molecule has 1 heterocycles. The third-order valence-corrected chi connectivity index (χ3v) is 5.89. The molecule has 0 bridgehead atoms. The predicted octanol–water partition coefficient (Wildman–Crippen LogP) is 4.42. The van der Waals surface area contributed by atoms with E-state index >= 15 is 0 Å². The summed E-state index contributed by atoms with van der Waals surface area (Å²) in [6.45, 7) is 5.09. The predicted molar refractivity (Wildman–Crippen MR) is 101 cm³/mol. The maximum absolute atomic E-state index is 11.8. The first kappa shape index (κ1) is 19.7.